The predicted octanol–water partition coefficient (Wildman–Crippen LogP) is 5.44. The van der Waals surface area contributed by atoms with Gasteiger partial charge in [-0.05, 0) is 55.3 Å². The minimum absolute atomic E-state index is 0.105. The molecule has 4 aromatic rings. The molecule has 1 fully saturated rings. The summed E-state index contributed by atoms with van der Waals surface area (Å²) in [6, 6.07) is 14.4. The third kappa shape index (κ3) is 5.39. The molecule has 4 heterocycles. The van der Waals surface area contributed by atoms with Gasteiger partial charge in [0.15, 0.2) is 0 Å². The van der Waals surface area contributed by atoms with E-state index >= 15 is 0 Å². The Labute approximate surface area is 234 Å². The van der Waals surface area contributed by atoms with Crippen molar-refractivity contribution in [2.75, 3.05) is 18.0 Å². The van der Waals surface area contributed by atoms with Crippen molar-refractivity contribution in [2.24, 2.45) is 7.05 Å². The van der Waals surface area contributed by atoms with Crippen LogP contribution in [0.1, 0.15) is 48.8 Å². The van der Waals surface area contributed by atoms with Crippen LogP contribution in [0.15, 0.2) is 65.6 Å². The second-order valence-electron chi connectivity index (χ2n) is 10.3. The number of fused-ring (bicyclic) bond motifs is 1. The summed E-state index contributed by atoms with van der Waals surface area (Å²) in [5.74, 6) is -0.418. The molecule has 1 aliphatic heterocycles. The van der Waals surface area contributed by atoms with Crippen molar-refractivity contribution in [1.29, 1.82) is 5.26 Å². The Hall–Kier alpha value is -4.30. The lowest BCUT2D eigenvalue weighted by Crippen LogP contribution is -2.58. The topological polar surface area (TPSA) is 78.0 Å². The van der Waals surface area contributed by atoms with Crippen LogP contribution in [0.5, 0.6) is 0 Å². The first-order chi connectivity index (χ1) is 19.5. The third-order valence-electron chi connectivity index (χ3n) is 7.76. The number of halogens is 4. The fraction of sp³-hybridized carbons (Fsp3) is 0.333. The molecule has 3 atom stereocenters. The fourth-order valence-corrected chi connectivity index (χ4v) is 5.57. The lowest BCUT2D eigenvalue weighted by molar-refractivity contribution is -0.137. The smallest absolute Gasteiger partial charge is 0.364 e. The van der Waals surface area contributed by atoms with Gasteiger partial charge in [0.1, 0.15) is 23.1 Å². The van der Waals surface area contributed by atoms with Crippen LogP contribution < -0.4 is 10.5 Å². The average Bonchev–Trinajstić information content (AvgIpc) is 2.96. The summed E-state index contributed by atoms with van der Waals surface area (Å²) in [6.45, 7) is 4.97. The predicted molar refractivity (Wildman–Crippen MR) is 147 cm³/mol. The molecule has 5 rings (SSSR count). The molecule has 0 bridgehead atoms. The maximum atomic E-state index is 13.8. The Morgan fingerprint density at radius 2 is 1.83 bits per heavy atom. The quantitative estimate of drug-likeness (QED) is 0.301. The molecule has 1 aromatic carbocycles. The van der Waals surface area contributed by atoms with Crippen molar-refractivity contribution >= 4 is 16.7 Å². The van der Waals surface area contributed by atoms with E-state index in [0.717, 1.165) is 12.3 Å². The first-order valence-corrected chi connectivity index (χ1v) is 13.2. The van der Waals surface area contributed by atoms with Crippen molar-refractivity contribution in [2.45, 2.75) is 44.6 Å². The summed E-state index contributed by atoms with van der Waals surface area (Å²) in [5, 5.41) is 9.46. The Kier molecular flexibility index (Phi) is 7.53. The Morgan fingerprint density at radius 1 is 1.10 bits per heavy atom. The van der Waals surface area contributed by atoms with Crippen LogP contribution in [0.3, 0.4) is 0 Å². The van der Waals surface area contributed by atoms with Gasteiger partial charge in [0, 0.05) is 44.5 Å². The summed E-state index contributed by atoms with van der Waals surface area (Å²) < 4.78 is 55.2. The zero-order chi connectivity index (χ0) is 29.5. The molecule has 212 valence electrons. The van der Waals surface area contributed by atoms with Crippen molar-refractivity contribution in [3.8, 4) is 6.07 Å². The average molecular weight is 565 g/mol. The van der Waals surface area contributed by atoms with Crippen LogP contribution in [0, 0.1) is 17.1 Å². The van der Waals surface area contributed by atoms with Crippen LogP contribution in [-0.4, -0.2) is 44.6 Å². The first kappa shape index (κ1) is 28.2. The minimum atomic E-state index is -4.52. The molecule has 0 amide bonds. The van der Waals surface area contributed by atoms with E-state index in [9.17, 15) is 27.6 Å². The zero-order valence-corrected chi connectivity index (χ0v) is 22.7. The maximum Gasteiger partial charge on any atom is 0.417 e. The number of alkyl halides is 3. The number of hydrogen-bond acceptors (Lipinski definition) is 6. The number of rotatable bonds is 5. The van der Waals surface area contributed by atoms with Crippen LogP contribution in [-0.2, 0) is 13.2 Å². The number of hydrogen-bond donors (Lipinski definition) is 0. The highest BCUT2D eigenvalue weighted by Crippen LogP contribution is 2.37. The number of piperazine rings is 1. The highest BCUT2D eigenvalue weighted by Gasteiger charge is 2.38. The van der Waals surface area contributed by atoms with Crippen molar-refractivity contribution in [3.63, 3.8) is 0 Å². The Morgan fingerprint density at radius 3 is 2.44 bits per heavy atom. The molecule has 41 heavy (non-hydrogen) atoms. The van der Waals surface area contributed by atoms with Gasteiger partial charge in [-0.15, -0.1) is 0 Å². The van der Waals surface area contributed by atoms with Crippen LogP contribution in [0.2, 0.25) is 0 Å². The minimum Gasteiger partial charge on any atom is -0.364 e. The van der Waals surface area contributed by atoms with E-state index in [4.69, 9.17) is 0 Å². The van der Waals surface area contributed by atoms with Crippen molar-refractivity contribution < 1.29 is 17.6 Å². The van der Waals surface area contributed by atoms with E-state index < -0.39 is 23.6 Å². The molecule has 0 aliphatic carbocycles. The van der Waals surface area contributed by atoms with Crippen LogP contribution in [0.4, 0.5) is 23.2 Å². The highest BCUT2D eigenvalue weighted by atomic mass is 19.4. The van der Waals surface area contributed by atoms with E-state index in [1.165, 1.54) is 28.8 Å². The molecular formula is C30H28F4N6O. The summed E-state index contributed by atoms with van der Waals surface area (Å²) >= 11 is 0. The molecule has 3 aromatic heterocycles. The Balaban J connectivity index is 1.57. The Bertz CT molecular complexity index is 1660. The number of benzene rings is 1. The third-order valence-corrected chi connectivity index (χ3v) is 7.76. The maximum absolute atomic E-state index is 13.8. The zero-order valence-electron chi connectivity index (χ0n) is 22.7. The van der Waals surface area contributed by atoms with E-state index in [-0.39, 0.29) is 23.3 Å². The number of aryl methyl sites for hydroxylation is 1. The van der Waals surface area contributed by atoms with Crippen molar-refractivity contribution in [1.82, 2.24) is 19.4 Å². The summed E-state index contributed by atoms with van der Waals surface area (Å²) in [4.78, 5) is 25.9. The standard InChI is InChI=1S/C30H28F4N6O/c1-4-23-17-39(29(19-5-8-21(31)9-6-19)24-11-7-20(15-36-24)30(32,33)34)18(2)16-40(23)26-13-27(41)38(3)25-12-10-22(14-35)37-28(25)26/h5-13,15,18,23,29H,4,16-17H2,1-3H3/t18-,23+,29?/m1/s1. The molecular weight excluding hydrogens is 536 g/mol. The first-order valence-electron chi connectivity index (χ1n) is 13.2. The number of anilines is 1. The second kappa shape index (κ2) is 10.9. The molecule has 1 unspecified atom stereocenters. The van der Waals surface area contributed by atoms with E-state index in [2.05, 4.69) is 25.8 Å². The molecule has 11 heteroatoms. The molecule has 7 nitrogen and oxygen atoms in total. The highest BCUT2D eigenvalue weighted by molar-refractivity contribution is 5.89. The number of nitriles is 1. The SMILES string of the molecule is CC[C@H]1CN(C(c2ccc(F)cc2)c2ccc(C(F)(F)F)cn2)[C@H](C)CN1c1cc(=O)n(C)c2ccc(C#N)nc12. The molecule has 0 radical (unpaired) electrons. The largest absolute Gasteiger partial charge is 0.417 e. The van der Waals surface area contributed by atoms with Crippen LogP contribution in [0.25, 0.3) is 11.0 Å². The van der Waals surface area contributed by atoms with Gasteiger partial charge in [0.25, 0.3) is 5.56 Å². The van der Waals surface area contributed by atoms with E-state index in [1.807, 2.05) is 13.8 Å². The molecule has 0 N–H and O–H groups in total. The summed E-state index contributed by atoms with van der Waals surface area (Å²) in [5.41, 5.74) is 2.09. The number of aromatic nitrogens is 3. The lowest BCUT2D eigenvalue weighted by atomic mass is 9.95. The van der Waals surface area contributed by atoms with E-state index in [1.54, 1.807) is 31.3 Å². The van der Waals surface area contributed by atoms with Gasteiger partial charge >= 0.3 is 6.18 Å². The van der Waals surface area contributed by atoms with Gasteiger partial charge in [0.05, 0.1) is 28.5 Å². The van der Waals surface area contributed by atoms with Gasteiger partial charge in [0.2, 0.25) is 0 Å². The number of nitrogens with zero attached hydrogens (tertiary/aromatic N) is 6. The van der Waals surface area contributed by atoms with E-state index in [0.29, 0.717) is 47.5 Å². The molecule has 1 aliphatic rings. The van der Waals surface area contributed by atoms with Gasteiger partial charge in [-0.3, -0.25) is 14.7 Å². The van der Waals surface area contributed by atoms with Gasteiger partial charge in [-0.25, -0.2) is 9.37 Å². The summed E-state index contributed by atoms with van der Waals surface area (Å²) in [6.07, 6.45) is -3.00. The molecule has 0 spiro atoms. The lowest BCUT2D eigenvalue weighted by Gasteiger charge is -2.49. The van der Waals surface area contributed by atoms with Crippen LogP contribution >= 0.6 is 0 Å². The number of pyridine rings is 3. The monoisotopic (exact) mass is 564 g/mol. The van der Waals surface area contributed by atoms with Gasteiger partial charge in [-0.2, -0.15) is 18.4 Å². The summed E-state index contributed by atoms with van der Waals surface area (Å²) in [7, 11) is 1.66. The molecule has 1 saturated heterocycles. The second-order valence-corrected chi connectivity index (χ2v) is 10.3. The van der Waals surface area contributed by atoms with Gasteiger partial charge in [-0.1, -0.05) is 19.1 Å². The normalized spacial score (nSPS) is 18.8. The van der Waals surface area contributed by atoms with Gasteiger partial charge < -0.3 is 9.47 Å². The fourth-order valence-electron chi connectivity index (χ4n) is 5.57. The molecule has 0 saturated carbocycles. The van der Waals surface area contributed by atoms with Crippen molar-refractivity contribution in [3.05, 3.63) is 99.5 Å².